The maximum atomic E-state index is 5.44. The highest BCUT2D eigenvalue weighted by atomic mass is 14.8. The molecule has 2 nitrogen and oxygen atoms in total. The van der Waals surface area contributed by atoms with Gasteiger partial charge in [0.15, 0.2) is 0 Å². The lowest BCUT2D eigenvalue weighted by Crippen LogP contribution is -2.14. The van der Waals surface area contributed by atoms with Crippen molar-refractivity contribution >= 4 is 22.8 Å². The maximum absolute atomic E-state index is 5.44. The third-order valence-electron chi connectivity index (χ3n) is 8.72. The predicted octanol–water partition coefficient (Wildman–Crippen LogP) is 13.5. The maximum Gasteiger partial charge on any atom is 0.0636 e. The summed E-state index contributed by atoms with van der Waals surface area (Å²) in [4.78, 5) is 10.9. The van der Waals surface area contributed by atoms with Crippen LogP contribution in [0.25, 0.3) is 0 Å². The molecule has 0 heterocycles. The molecule has 2 heteroatoms. The summed E-state index contributed by atoms with van der Waals surface area (Å²) in [5, 5.41) is 0. The normalized spacial score (nSPS) is 12.3. The van der Waals surface area contributed by atoms with Gasteiger partial charge < -0.3 is 0 Å². The summed E-state index contributed by atoms with van der Waals surface area (Å²) < 4.78 is 0. The van der Waals surface area contributed by atoms with E-state index in [4.69, 9.17) is 9.98 Å². The number of aliphatic imine (C=N–C) groups is 2. The van der Waals surface area contributed by atoms with Crippen LogP contribution in [0.3, 0.4) is 0 Å². The van der Waals surface area contributed by atoms with Gasteiger partial charge in [0.05, 0.1) is 22.8 Å². The highest BCUT2D eigenvalue weighted by Gasteiger charge is 2.13. The first-order chi connectivity index (χ1) is 21.1. The molecular weight excluding hydrogens is 520 g/mol. The molecule has 0 aliphatic carbocycles. The van der Waals surface area contributed by atoms with Crippen LogP contribution in [-0.2, 0) is 25.7 Å². The van der Waals surface area contributed by atoms with Gasteiger partial charge in [-0.05, 0) is 124 Å². The molecule has 0 radical (unpaired) electrons. The van der Waals surface area contributed by atoms with E-state index in [9.17, 15) is 0 Å². The topological polar surface area (TPSA) is 24.7 Å². The van der Waals surface area contributed by atoms with Gasteiger partial charge in [0.2, 0.25) is 0 Å². The summed E-state index contributed by atoms with van der Waals surface area (Å²) in [5.74, 6) is 0. The van der Waals surface area contributed by atoms with Crippen molar-refractivity contribution in [3.63, 3.8) is 0 Å². The van der Waals surface area contributed by atoms with E-state index in [1.54, 1.807) is 0 Å². The second kappa shape index (κ2) is 23.2. The molecule has 0 bridgehead atoms. The van der Waals surface area contributed by atoms with Crippen LogP contribution < -0.4 is 0 Å². The number of hydrogen-bond acceptors (Lipinski definition) is 2. The summed E-state index contributed by atoms with van der Waals surface area (Å²) in [6.07, 6.45) is 25.3. The molecule has 0 amide bonds. The number of hydrogen-bond donors (Lipinski definition) is 0. The van der Waals surface area contributed by atoms with Gasteiger partial charge in [-0.3, -0.25) is 9.98 Å². The van der Waals surface area contributed by atoms with Crippen molar-refractivity contribution in [1.29, 1.82) is 0 Å². The van der Waals surface area contributed by atoms with Gasteiger partial charge in [-0.2, -0.15) is 0 Å². The van der Waals surface area contributed by atoms with Crippen molar-refractivity contribution < 1.29 is 0 Å². The van der Waals surface area contributed by atoms with Crippen LogP contribution in [0.1, 0.15) is 173 Å². The third-order valence-corrected chi connectivity index (χ3v) is 8.72. The van der Waals surface area contributed by atoms with Gasteiger partial charge in [0.1, 0.15) is 0 Å². The van der Waals surface area contributed by atoms with E-state index in [-0.39, 0.29) is 0 Å². The van der Waals surface area contributed by atoms with Gasteiger partial charge >= 0.3 is 0 Å². The molecule has 2 rings (SSSR count). The molecule has 0 atom stereocenters. The summed E-state index contributed by atoms with van der Waals surface area (Å²) in [6, 6.07) is 14.1. The number of nitrogens with zero attached hydrogens (tertiary/aromatic N) is 2. The zero-order valence-corrected chi connectivity index (χ0v) is 29.2. The van der Waals surface area contributed by atoms with Gasteiger partial charge in [0, 0.05) is 0 Å². The molecule has 0 spiro atoms. The SMILES string of the molecule is CCCCCCC(=Nc1ccc(CCCC)c(CCCC)c1)C(CCCCC)=Nc1ccc(CCCC)c(CCCC)c1. The van der Waals surface area contributed by atoms with Gasteiger partial charge in [-0.15, -0.1) is 0 Å². The Labute approximate surface area is 267 Å². The standard InChI is InChI=1S/C41H66N2/c1-7-13-19-21-27-41(43-39-31-29-35(23-16-10-4)37(33-39)25-18-12-6)40(26-20-14-8-2)42-38-30-28-34(22-15-9-3)36(32-38)24-17-11-5/h28-33H,7-27H2,1-6H3. The van der Waals surface area contributed by atoms with E-state index in [0.29, 0.717) is 0 Å². The first-order valence-corrected chi connectivity index (χ1v) is 18.5. The van der Waals surface area contributed by atoms with Crippen LogP contribution in [0.2, 0.25) is 0 Å². The lowest BCUT2D eigenvalue weighted by atomic mass is 9.96. The van der Waals surface area contributed by atoms with Gasteiger partial charge in [-0.1, -0.05) is 111 Å². The van der Waals surface area contributed by atoms with Crippen molar-refractivity contribution in [2.45, 2.75) is 176 Å². The summed E-state index contributed by atoms with van der Waals surface area (Å²) in [7, 11) is 0. The van der Waals surface area contributed by atoms with Crippen molar-refractivity contribution in [2.24, 2.45) is 9.98 Å². The fourth-order valence-corrected chi connectivity index (χ4v) is 5.89. The van der Waals surface area contributed by atoms with Crippen molar-refractivity contribution in [3.05, 3.63) is 58.7 Å². The number of rotatable bonds is 24. The Morgan fingerprint density at radius 1 is 0.395 bits per heavy atom. The van der Waals surface area contributed by atoms with Gasteiger partial charge in [-0.25, -0.2) is 0 Å². The van der Waals surface area contributed by atoms with Crippen molar-refractivity contribution in [1.82, 2.24) is 0 Å². The zero-order valence-electron chi connectivity index (χ0n) is 29.2. The molecule has 0 fully saturated rings. The Kier molecular flexibility index (Phi) is 19.9. The Balaban J connectivity index is 2.57. The number of unbranched alkanes of at least 4 members (excludes halogenated alkanes) is 9. The Hall–Kier alpha value is -2.22. The average Bonchev–Trinajstić information content (AvgIpc) is 3.02. The molecule has 0 aromatic heterocycles. The van der Waals surface area contributed by atoms with Crippen LogP contribution in [0.4, 0.5) is 11.4 Å². The van der Waals surface area contributed by atoms with Crippen LogP contribution in [0.15, 0.2) is 46.4 Å². The Morgan fingerprint density at radius 3 is 1.14 bits per heavy atom. The molecule has 0 saturated heterocycles. The molecule has 43 heavy (non-hydrogen) atoms. The molecule has 0 aliphatic rings. The molecule has 2 aromatic rings. The highest BCUT2D eigenvalue weighted by Crippen LogP contribution is 2.26. The smallest absolute Gasteiger partial charge is 0.0636 e. The van der Waals surface area contributed by atoms with E-state index in [1.807, 2.05) is 0 Å². The van der Waals surface area contributed by atoms with Gasteiger partial charge in [0.25, 0.3) is 0 Å². The largest absolute Gasteiger partial charge is 0.252 e. The monoisotopic (exact) mass is 587 g/mol. The molecule has 0 unspecified atom stereocenters. The minimum absolute atomic E-state index is 1.01. The second-order valence-corrected chi connectivity index (χ2v) is 12.7. The minimum atomic E-state index is 1.01. The van der Waals surface area contributed by atoms with Crippen LogP contribution >= 0.6 is 0 Å². The molecular formula is C41H66N2. The molecule has 0 N–H and O–H groups in total. The van der Waals surface area contributed by atoms with Crippen LogP contribution in [-0.4, -0.2) is 11.4 Å². The quantitative estimate of drug-likeness (QED) is 0.0863. The first kappa shape index (κ1) is 37.0. The summed E-state index contributed by atoms with van der Waals surface area (Å²) >= 11 is 0. The molecule has 0 aliphatic heterocycles. The van der Waals surface area contributed by atoms with Crippen molar-refractivity contribution in [2.75, 3.05) is 0 Å². The van der Waals surface area contributed by atoms with Crippen LogP contribution in [0.5, 0.6) is 0 Å². The average molecular weight is 587 g/mol. The second-order valence-electron chi connectivity index (χ2n) is 12.7. The number of benzene rings is 2. The predicted molar refractivity (Wildman–Crippen MR) is 194 cm³/mol. The zero-order chi connectivity index (χ0) is 31.1. The summed E-state index contributed by atoms with van der Waals surface area (Å²) in [6.45, 7) is 13.8. The summed E-state index contributed by atoms with van der Waals surface area (Å²) in [5.41, 5.74) is 10.8. The van der Waals surface area contributed by atoms with Crippen molar-refractivity contribution in [3.8, 4) is 0 Å². The van der Waals surface area contributed by atoms with E-state index >= 15 is 0 Å². The van der Waals surface area contributed by atoms with Crippen LogP contribution in [0, 0.1) is 0 Å². The third kappa shape index (κ3) is 14.4. The fraction of sp³-hybridized carbons (Fsp3) is 0.659. The minimum Gasteiger partial charge on any atom is -0.252 e. The molecule has 2 aromatic carbocycles. The fourth-order valence-electron chi connectivity index (χ4n) is 5.89. The lowest BCUT2D eigenvalue weighted by Gasteiger charge is -2.15. The highest BCUT2D eigenvalue weighted by molar-refractivity contribution is 6.43. The van der Waals surface area contributed by atoms with E-state index in [1.165, 1.54) is 143 Å². The van der Waals surface area contributed by atoms with E-state index in [2.05, 4.69) is 77.9 Å². The number of aryl methyl sites for hydroxylation is 4. The van der Waals surface area contributed by atoms with E-state index < -0.39 is 0 Å². The molecule has 0 saturated carbocycles. The molecule has 240 valence electrons. The Bertz CT molecular complexity index is 1080. The Morgan fingerprint density at radius 2 is 0.744 bits per heavy atom. The van der Waals surface area contributed by atoms with E-state index in [0.717, 1.165) is 37.1 Å². The lowest BCUT2D eigenvalue weighted by molar-refractivity contribution is 0.683. The first-order valence-electron chi connectivity index (χ1n) is 18.5.